The molecule has 0 saturated carbocycles. The van der Waals surface area contributed by atoms with Crippen LogP contribution >= 0.6 is 35.0 Å². The fourth-order valence-corrected chi connectivity index (χ4v) is 5.16. The monoisotopic (exact) mass is 507 g/mol. The number of aromatic nitrogens is 5. The molecule has 0 aromatic carbocycles. The zero-order valence-electron chi connectivity index (χ0n) is 17.8. The average Bonchev–Trinajstić information content (AvgIpc) is 3.25. The Kier molecular flexibility index (Phi) is 5.84. The Morgan fingerprint density at radius 2 is 2.06 bits per heavy atom. The summed E-state index contributed by atoms with van der Waals surface area (Å²) < 4.78 is 19.2. The summed E-state index contributed by atoms with van der Waals surface area (Å²) >= 11 is 13.6. The van der Waals surface area contributed by atoms with Crippen molar-refractivity contribution < 1.29 is 19.3 Å². The van der Waals surface area contributed by atoms with Crippen LogP contribution in [0, 0.1) is 6.92 Å². The number of thioether (sulfide) groups is 1. The Labute approximate surface area is 203 Å². The third-order valence-corrected chi connectivity index (χ3v) is 6.98. The highest BCUT2D eigenvalue weighted by atomic mass is 35.5. The summed E-state index contributed by atoms with van der Waals surface area (Å²) in [5.74, 6) is -1.05. The molecule has 3 unspecified atom stereocenters. The van der Waals surface area contributed by atoms with E-state index in [0.717, 1.165) is 4.90 Å². The number of rotatable bonds is 5. The van der Waals surface area contributed by atoms with Crippen molar-refractivity contribution in [2.75, 3.05) is 7.11 Å². The van der Waals surface area contributed by atoms with Crippen molar-refractivity contribution in [3.05, 3.63) is 58.3 Å². The van der Waals surface area contributed by atoms with Gasteiger partial charge < -0.3 is 19.3 Å². The van der Waals surface area contributed by atoms with Crippen LogP contribution in [0.1, 0.15) is 12.6 Å². The van der Waals surface area contributed by atoms with Crippen LogP contribution in [-0.2, 0) is 14.2 Å². The summed E-state index contributed by atoms with van der Waals surface area (Å²) in [6.07, 6.45) is 3.67. The molecule has 2 aliphatic heterocycles. The Bertz CT molecular complexity index is 1250. The molecule has 5 heterocycles. The molecule has 3 aromatic rings. The van der Waals surface area contributed by atoms with E-state index in [1.54, 1.807) is 55.5 Å². The zero-order valence-corrected chi connectivity index (χ0v) is 20.1. The first-order chi connectivity index (χ1) is 15.8. The summed E-state index contributed by atoms with van der Waals surface area (Å²) in [5.41, 5.74) is 1.91. The van der Waals surface area contributed by atoms with Gasteiger partial charge in [0.05, 0.1) is 27.6 Å². The molecule has 0 amide bonds. The number of halogens is 2. The largest absolute Gasteiger partial charge is 0.459 e. The third-order valence-electron chi connectivity index (χ3n) is 5.29. The second-order valence-electron chi connectivity index (χ2n) is 7.72. The molecule has 9 nitrogen and oxygen atoms in total. The molecular formula is C21H19Cl2N5O4S. The van der Waals surface area contributed by atoms with Gasteiger partial charge >= 0.3 is 0 Å². The molecular weight excluding hydrogens is 489 g/mol. The highest BCUT2D eigenvalue weighted by molar-refractivity contribution is 7.99. The maximum atomic E-state index is 10.6. The first kappa shape index (κ1) is 22.6. The van der Waals surface area contributed by atoms with Gasteiger partial charge in [0.1, 0.15) is 22.9 Å². The molecule has 0 aliphatic carbocycles. The van der Waals surface area contributed by atoms with Crippen LogP contribution in [0.3, 0.4) is 0 Å². The predicted molar refractivity (Wildman–Crippen MR) is 122 cm³/mol. The Balaban J connectivity index is 1.52. The average molecular weight is 508 g/mol. The predicted octanol–water partition coefficient (Wildman–Crippen LogP) is 3.79. The molecule has 4 atom stereocenters. The molecule has 0 bridgehead atoms. The highest BCUT2D eigenvalue weighted by Crippen LogP contribution is 2.48. The maximum Gasteiger partial charge on any atom is 0.238 e. The normalized spacial score (nSPS) is 26.5. The fraction of sp³-hybridized carbons (Fsp3) is 0.333. The summed E-state index contributed by atoms with van der Waals surface area (Å²) in [5, 5.41) is 20.2. The van der Waals surface area contributed by atoms with E-state index in [1.807, 2.05) is 6.92 Å². The number of hydrogen-bond donors (Lipinski definition) is 1. The van der Waals surface area contributed by atoms with Crippen LogP contribution < -0.4 is 0 Å². The molecule has 1 fully saturated rings. The van der Waals surface area contributed by atoms with E-state index in [0.29, 0.717) is 38.6 Å². The third kappa shape index (κ3) is 4.11. The van der Waals surface area contributed by atoms with E-state index in [1.165, 1.54) is 11.8 Å². The highest BCUT2D eigenvalue weighted by Gasteiger charge is 2.58. The van der Waals surface area contributed by atoms with Gasteiger partial charge in [-0.05, 0) is 25.1 Å². The molecule has 1 N–H and O–H groups in total. The van der Waals surface area contributed by atoms with Crippen LogP contribution in [0.5, 0.6) is 0 Å². The summed E-state index contributed by atoms with van der Waals surface area (Å²) in [4.78, 5) is 9.39. The van der Waals surface area contributed by atoms with Crippen molar-refractivity contribution in [3.63, 3.8) is 0 Å². The van der Waals surface area contributed by atoms with Crippen LogP contribution in [-0.4, -0.2) is 60.6 Å². The van der Waals surface area contributed by atoms with Gasteiger partial charge in [-0.3, -0.25) is 4.98 Å². The van der Waals surface area contributed by atoms with Gasteiger partial charge in [-0.25, -0.2) is 9.67 Å². The van der Waals surface area contributed by atoms with Gasteiger partial charge in [0.25, 0.3) is 0 Å². The quantitative estimate of drug-likeness (QED) is 0.551. The molecule has 5 rings (SSSR count). The number of ether oxygens (including phenoxy) is 3. The van der Waals surface area contributed by atoms with Gasteiger partial charge in [-0.2, -0.15) is 0 Å². The number of nitrogens with zero attached hydrogens (tertiary/aromatic N) is 5. The van der Waals surface area contributed by atoms with Crippen molar-refractivity contribution in [2.45, 2.75) is 42.2 Å². The lowest BCUT2D eigenvalue weighted by atomic mass is 9.97. The number of pyridine rings is 2. The van der Waals surface area contributed by atoms with Crippen LogP contribution in [0.25, 0.3) is 17.1 Å². The Morgan fingerprint density at radius 3 is 2.76 bits per heavy atom. The lowest BCUT2D eigenvalue weighted by molar-refractivity contribution is -0.316. The Hall–Kier alpha value is -2.21. The lowest BCUT2D eigenvalue weighted by Gasteiger charge is -2.50. The molecule has 1 saturated heterocycles. The number of hydrogen-bond acceptors (Lipinski definition) is 9. The number of methoxy groups -OCH3 is 1. The van der Waals surface area contributed by atoms with E-state index in [-0.39, 0.29) is 0 Å². The van der Waals surface area contributed by atoms with Crippen molar-refractivity contribution in [1.82, 2.24) is 25.0 Å². The van der Waals surface area contributed by atoms with Crippen molar-refractivity contribution >= 4 is 40.7 Å². The Morgan fingerprint density at radius 1 is 1.24 bits per heavy atom. The number of aryl methyl sites for hydroxylation is 1. The first-order valence-electron chi connectivity index (χ1n) is 9.94. The molecule has 0 radical (unpaired) electrons. The molecule has 33 heavy (non-hydrogen) atoms. The molecule has 2 aliphatic rings. The first-order valence-corrected chi connectivity index (χ1v) is 11.6. The van der Waals surface area contributed by atoms with E-state index in [2.05, 4.69) is 20.3 Å². The van der Waals surface area contributed by atoms with E-state index < -0.39 is 23.4 Å². The summed E-state index contributed by atoms with van der Waals surface area (Å²) in [6, 6.07) is 5.32. The van der Waals surface area contributed by atoms with E-state index in [4.69, 9.17) is 37.4 Å². The van der Waals surface area contributed by atoms with Crippen molar-refractivity contribution in [1.29, 1.82) is 0 Å². The topological polar surface area (TPSA) is 104 Å². The zero-order chi connectivity index (χ0) is 23.3. The van der Waals surface area contributed by atoms with E-state index in [9.17, 15) is 5.11 Å². The van der Waals surface area contributed by atoms with Crippen LogP contribution in [0.2, 0.25) is 10.0 Å². The van der Waals surface area contributed by atoms with Crippen LogP contribution in [0.15, 0.2) is 47.4 Å². The van der Waals surface area contributed by atoms with Gasteiger partial charge in [0.15, 0.2) is 11.9 Å². The molecule has 172 valence electrons. The minimum atomic E-state index is -1.48. The van der Waals surface area contributed by atoms with Gasteiger partial charge in [-0.1, -0.05) is 40.2 Å². The number of fused-ring (bicyclic) bond motifs is 1. The molecule has 3 aromatic heterocycles. The van der Waals surface area contributed by atoms with Crippen molar-refractivity contribution in [3.8, 4) is 11.4 Å². The molecule has 12 heteroatoms. The van der Waals surface area contributed by atoms with Crippen LogP contribution in [0.4, 0.5) is 0 Å². The smallest absolute Gasteiger partial charge is 0.238 e. The second kappa shape index (κ2) is 8.53. The summed E-state index contributed by atoms with van der Waals surface area (Å²) in [6.45, 7) is 3.36. The fourth-order valence-electron chi connectivity index (χ4n) is 3.70. The van der Waals surface area contributed by atoms with Gasteiger partial charge in [0, 0.05) is 31.3 Å². The maximum absolute atomic E-state index is 10.6. The van der Waals surface area contributed by atoms with Crippen molar-refractivity contribution in [2.24, 2.45) is 0 Å². The second-order valence-corrected chi connectivity index (χ2v) is 9.73. The summed E-state index contributed by atoms with van der Waals surface area (Å²) in [7, 11) is 1.57. The number of aliphatic hydroxyl groups is 1. The van der Waals surface area contributed by atoms with E-state index >= 15 is 0 Å². The standard InChI is InChI=1S/C21H19Cl2N5O4S/c1-10-13(23)4-5-14(25-10)15-9-28(27-26-15)16-17-19(21(2,29)32-17)31-20(18(16)30-3)33-12-6-11(22)7-24-8-12/h4-9,18-20,29H,1-3H3/t18?,19?,20-,21?/m1/s1. The SMILES string of the molecule is COC1C(n2cc(-c3ccc(Cl)c(C)n3)nn2)=C2OC(C)(O)C2O[C@@H]1Sc1cncc(Cl)c1. The van der Waals surface area contributed by atoms with Gasteiger partial charge in [0.2, 0.25) is 5.79 Å². The molecule has 0 spiro atoms. The minimum absolute atomic E-state index is 0.435. The minimum Gasteiger partial charge on any atom is -0.459 e. The van der Waals surface area contributed by atoms with Gasteiger partial charge in [-0.15, -0.1) is 5.10 Å². The lowest BCUT2D eigenvalue weighted by Crippen LogP contribution is -2.61.